The lowest BCUT2D eigenvalue weighted by molar-refractivity contribution is -0.136. The van der Waals surface area contributed by atoms with E-state index < -0.39 is 10.0 Å². The van der Waals surface area contributed by atoms with E-state index in [2.05, 4.69) is 10.1 Å². The van der Waals surface area contributed by atoms with Crippen molar-refractivity contribution < 1.29 is 13.2 Å². The fourth-order valence-corrected chi connectivity index (χ4v) is 4.81. The molecule has 2 heterocycles. The Balaban J connectivity index is 1.60. The lowest BCUT2D eigenvalue weighted by Gasteiger charge is -2.35. The Kier molecular flexibility index (Phi) is 5.85. The standard InChI is InChI=1S/C19H27N5O3S/c1-14-5-7-18(8-6-14)28(26,27)23-11-9-22(10-12-23)19(25)15(2)13-24-17(4)20-16(3)21-24/h5-8,15H,9-13H2,1-4H3. The lowest BCUT2D eigenvalue weighted by Crippen LogP contribution is -2.52. The molecule has 1 fully saturated rings. The maximum atomic E-state index is 12.8. The normalized spacial score (nSPS) is 16.9. The fourth-order valence-electron chi connectivity index (χ4n) is 3.39. The zero-order valence-corrected chi connectivity index (χ0v) is 17.6. The van der Waals surface area contributed by atoms with Gasteiger partial charge in [-0.1, -0.05) is 24.6 Å². The number of piperazine rings is 1. The molecule has 1 aliphatic heterocycles. The van der Waals surface area contributed by atoms with E-state index in [1.54, 1.807) is 33.8 Å². The van der Waals surface area contributed by atoms with Crippen molar-refractivity contribution in [3.8, 4) is 0 Å². The second kappa shape index (κ2) is 8.00. The van der Waals surface area contributed by atoms with E-state index in [1.807, 2.05) is 27.7 Å². The molecule has 0 saturated carbocycles. The van der Waals surface area contributed by atoms with Gasteiger partial charge >= 0.3 is 0 Å². The summed E-state index contributed by atoms with van der Waals surface area (Å²) in [7, 11) is -3.53. The highest BCUT2D eigenvalue weighted by atomic mass is 32.2. The second-order valence-electron chi connectivity index (χ2n) is 7.33. The van der Waals surface area contributed by atoms with E-state index in [0.717, 1.165) is 11.4 Å². The van der Waals surface area contributed by atoms with Crippen LogP contribution in [0.4, 0.5) is 0 Å². The van der Waals surface area contributed by atoms with E-state index in [4.69, 9.17) is 0 Å². The van der Waals surface area contributed by atoms with Crippen LogP contribution in [-0.4, -0.2) is 64.5 Å². The molecule has 1 amide bonds. The molecule has 0 aliphatic carbocycles. The van der Waals surface area contributed by atoms with Crippen LogP contribution in [-0.2, 0) is 21.4 Å². The highest BCUT2D eigenvalue weighted by Crippen LogP contribution is 2.19. The van der Waals surface area contributed by atoms with Gasteiger partial charge in [-0.05, 0) is 32.9 Å². The van der Waals surface area contributed by atoms with Gasteiger partial charge in [0.05, 0.1) is 17.4 Å². The van der Waals surface area contributed by atoms with E-state index in [-0.39, 0.29) is 11.8 Å². The minimum Gasteiger partial charge on any atom is -0.340 e. The van der Waals surface area contributed by atoms with Crippen molar-refractivity contribution in [3.63, 3.8) is 0 Å². The molecule has 1 saturated heterocycles. The van der Waals surface area contributed by atoms with Gasteiger partial charge < -0.3 is 4.90 Å². The summed E-state index contributed by atoms with van der Waals surface area (Å²) < 4.78 is 28.8. The first kappa shape index (κ1) is 20.5. The number of sulfonamides is 1. The molecule has 0 radical (unpaired) electrons. The Hall–Kier alpha value is -2.26. The molecule has 28 heavy (non-hydrogen) atoms. The highest BCUT2D eigenvalue weighted by molar-refractivity contribution is 7.89. The van der Waals surface area contributed by atoms with Crippen molar-refractivity contribution in [2.45, 2.75) is 39.1 Å². The van der Waals surface area contributed by atoms with Gasteiger partial charge in [-0.3, -0.25) is 4.79 Å². The smallest absolute Gasteiger partial charge is 0.243 e. The summed E-state index contributed by atoms with van der Waals surface area (Å²) in [5.41, 5.74) is 1.01. The van der Waals surface area contributed by atoms with Gasteiger partial charge in [0, 0.05) is 26.2 Å². The third-order valence-electron chi connectivity index (χ3n) is 5.04. The van der Waals surface area contributed by atoms with Crippen molar-refractivity contribution in [2.24, 2.45) is 5.92 Å². The monoisotopic (exact) mass is 405 g/mol. The van der Waals surface area contributed by atoms with Crippen molar-refractivity contribution in [1.29, 1.82) is 0 Å². The average molecular weight is 406 g/mol. The molecule has 3 rings (SSSR count). The predicted octanol–water partition coefficient (Wildman–Crippen LogP) is 1.37. The first-order valence-electron chi connectivity index (χ1n) is 9.42. The number of aryl methyl sites for hydroxylation is 3. The van der Waals surface area contributed by atoms with Crippen LogP contribution in [0, 0.1) is 26.7 Å². The number of benzene rings is 1. The topological polar surface area (TPSA) is 88.4 Å². The third kappa shape index (κ3) is 4.25. The van der Waals surface area contributed by atoms with E-state index in [9.17, 15) is 13.2 Å². The van der Waals surface area contributed by atoms with Crippen LogP contribution in [0.25, 0.3) is 0 Å². The van der Waals surface area contributed by atoms with Gasteiger partial charge in [0.1, 0.15) is 11.6 Å². The Labute approximate surface area is 166 Å². The molecule has 152 valence electrons. The Morgan fingerprint density at radius 1 is 1.07 bits per heavy atom. The fraction of sp³-hybridized carbons (Fsp3) is 0.526. The van der Waals surface area contributed by atoms with Crippen LogP contribution in [0.15, 0.2) is 29.2 Å². The molecule has 1 aromatic heterocycles. The molecule has 1 aromatic carbocycles. The van der Waals surface area contributed by atoms with Crippen LogP contribution in [0.2, 0.25) is 0 Å². The minimum absolute atomic E-state index is 0.0138. The van der Waals surface area contributed by atoms with Gasteiger partial charge in [-0.25, -0.2) is 18.1 Å². The van der Waals surface area contributed by atoms with Gasteiger partial charge in [0.25, 0.3) is 0 Å². The first-order chi connectivity index (χ1) is 13.2. The summed E-state index contributed by atoms with van der Waals surface area (Å²) in [6, 6.07) is 6.85. The van der Waals surface area contributed by atoms with Crippen molar-refractivity contribution in [1.82, 2.24) is 24.0 Å². The second-order valence-corrected chi connectivity index (χ2v) is 9.27. The van der Waals surface area contributed by atoms with E-state index in [0.29, 0.717) is 43.4 Å². The van der Waals surface area contributed by atoms with Gasteiger partial charge in [-0.15, -0.1) is 0 Å². The molecule has 1 unspecified atom stereocenters. The molecule has 1 aliphatic rings. The molecule has 2 aromatic rings. The van der Waals surface area contributed by atoms with Crippen molar-refractivity contribution in [2.75, 3.05) is 26.2 Å². The SMILES string of the molecule is Cc1ccc(S(=O)(=O)N2CCN(C(=O)C(C)Cn3nc(C)nc3C)CC2)cc1. The molecule has 0 bridgehead atoms. The molecule has 8 nitrogen and oxygen atoms in total. The first-order valence-corrected chi connectivity index (χ1v) is 10.9. The maximum Gasteiger partial charge on any atom is 0.243 e. The van der Waals surface area contributed by atoms with Crippen molar-refractivity contribution >= 4 is 15.9 Å². The molecular weight excluding hydrogens is 378 g/mol. The van der Waals surface area contributed by atoms with Gasteiger partial charge in [-0.2, -0.15) is 9.40 Å². The summed E-state index contributed by atoms with van der Waals surface area (Å²) in [6.07, 6.45) is 0. The number of carbonyl (C=O) groups excluding carboxylic acids is 1. The summed E-state index contributed by atoms with van der Waals surface area (Å²) >= 11 is 0. The number of hydrogen-bond donors (Lipinski definition) is 0. The highest BCUT2D eigenvalue weighted by Gasteiger charge is 2.31. The molecule has 0 spiro atoms. The number of rotatable bonds is 5. The number of amides is 1. The number of hydrogen-bond acceptors (Lipinski definition) is 5. The molecule has 9 heteroatoms. The lowest BCUT2D eigenvalue weighted by atomic mass is 10.1. The summed E-state index contributed by atoms with van der Waals surface area (Å²) in [4.78, 5) is 19.1. The van der Waals surface area contributed by atoms with Crippen LogP contribution in [0.3, 0.4) is 0 Å². The number of nitrogens with zero attached hydrogens (tertiary/aromatic N) is 5. The molecule has 1 atom stereocenters. The van der Waals surface area contributed by atoms with Crippen molar-refractivity contribution in [3.05, 3.63) is 41.5 Å². The Bertz CT molecular complexity index is 944. The van der Waals surface area contributed by atoms with Gasteiger partial charge in [0.2, 0.25) is 15.9 Å². The van der Waals surface area contributed by atoms with Crippen LogP contribution in [0.1, 0.15) is 24.1 Å². The summed E-state index contributed by atoms with van der Waals surface area (Å²) in [6.45, 7) is 9.33. The zero-order chi connectivity index (χ0) is 20.5. The zero-order valence-electron chi connectivity index (χ0n) is 16.8. The third-order valence-corrected chi connectivity index (χ3v) is 6.95. The largest absolute Gasteiger partial charge is 0.340 e. The molecule has 0 N–H and O–H groups in total. The van der Waals surface area contributed by atoms with Crippen LogP contribution < -0.4 is 0 Å². The quantitative estimate of drug-likeness (QED) is 0.750. The van der Waals surface area contributed by atoms with Gasteiger partial charge in [0.15, 0.2) is 0 Å². The average Bonchev–Trinajstić information content (AvgIpc) is 2.98. The van der Waals surface area contributed by atoms with E-state index in [1.165, 1.54) is 4.31 Å². The summed E-state index contributed by atoms with van der Waals surface area (Å²) in [5, 5.41) is 4.31. The predicted molar refractivity (Wildman–Crippen MR) is 105 cm³/mol. The number of carbonyl (C=O) groups is 1. The minimum atomic E-state index is -3.53. The van der Waals surface area contributed by atoms with E-state index >= 15 is 0 Å². The number of aromatic nitrogens is 3. The Morgan fingerprint density at radius 2 is 1.68 bits per heavy atom. The summed E-state index contributed by atoms with van der Waals surface area (Å²) in [5.74, 6) is 1.23. The van der Waals surface area contributed by atoms with Crippen LogP contribution >= 0.6 is 0 Å². The Morgan fingerprint density at radius 3 is 2.21 bits per heavy atom. The van der Waals surface area contributed by atoms with Crippen LogP contribution in [0.5, 0.6) is 0 Å². The molecular formula is C19H27N5O3S. The maximum absolute atomic E-state index is 12.8.